The van der Waals surface area contributed by atoms with Gasteiger partial charge in [-0.1, -0.05) is 166 Å². The number of benzene rings is 1. The van der Waals surface area contributed by atoms with Crippen LogP contribution in [0, 0.1) is 29.6 Å². The van der Waals surface area contributed by atoms with E-state index < -0.39 is 0 Å². The minimum atomic E-state index is 0.222. The summed E-state index contributed by atoms with van der Waals surface area (Å²) in [7, 11) is 10.5. The number of rotatable bonds is 19. The predicted octanol–water partition coefficient (Wildman–Crippen LogP) is 13.3. The van der Waals surface area contributed by atoms with E-state index in [-0.39, 0.29) is 6.10 Å². The number of nitrogens with zero attached hydrogens (tertiary/aromatic N) is 3. The van der Waals surface area contributed by atoms with Crippen molar-refractivity contribution in [1.82, 2.24) is 20.0 Å². The van der Waals surface area contributed by atoms with Crippen LogP contribution in [-0.4, -0.2) is 87.3 Å². The highest BCUT2D eigenvalue weighted by atomic mass is 16.5. The molecule has 6 heteroatoms. The summed E-state index contributed by atoms with van der Waals surface area (Å²) in [6.07, 6.45) is 9.27. The molecular weight excluding hydrogens is 711 g/mol. The molecule has 1 aromatic carbocycles. The van der Waals surface area contributed by atoms with Gasteiger partial charge in [0.05, 0.1) is 18.2 Å². The van der Waals surface area contributed by atoms with E-state index in [1.54, 1.807) is 0 Å². The summed E-state index contributed by atoms with van der Waals surface area (Å²) in [4.78, 5) is 7.20. The molecule has 1 aliphatic heterocycles. The van der Waals surface area contributed by atoms with Crippen molar-refractivity contribution in [3.8, 4) is 0 Å². The van der Waals surface area contributed by atoms with Gasteiger partial charge >= 0.3 is 0 Å². The molecule has 6 nitrogen and oxygen atoms in total. The quantitative estimate of drug-likeness (QED) is 0.136. The molecule has 1 saturated heterocycles. The van der Waals surface area contributed by atoms with Gasteiger partial charge in [-0.25, -0.2) is 0 Å². The second kappa shape index (κ2) is 41.0. The summed E-state index contributed by atoms with van der Waals surface area (Å²) >= 11 is 0. The van der Waals surface area contributed by atoms with Crippen molar-refractivity contribution >= 4 is 0 Å². The standard InChI is InChI=1S/C30H52N2O.C11H22N2.C3H8.C2H5N.2C2H6.C2H4/c1-11-21(2)29(31(8)9)22(3)20-23(4)32-19-15-18-28(32)30(33-10)26(7)24(5)25(6)27-16-13-12-14-17-27;1-7-8-12-10(4)11(9(2)3)13(5)6;1-3-2;1-2-3;3*1-2/h12-14,16-17,21-22,24-26,28-30H,4,11,15,18-20H2,1-3,5-10H3;7,9,11-12H,1,4,8H2,2-3,5-6H3;3H2,1-2H3;2H,1,3H2;2*1-2H3;1-2H2. The number of methoxy groups -OCH3 is 1. The van der Waals surface area contributed by atoms with E-state index in [0.717, 1.165) is 25.2 Å². The highest BCUT2D eigenvalue weighted by Crippen LogP contribution is 2.38. The molecule has 9 atom stereocenters. The number of likely N-dealkylation sites (N-methyl/N-ethyl adjacent to an activating group) is 1. The van der Waals surface area contributed by atoms with Crippen LogP contribution in [0.2, 0.25) is 0 Å². The lowest BCUT2D eigenvalue weighted by Crippen LogP contribution is -2.46. The first-order valence-electron chi connectivity index (χ1n) is 22.7. The molecule has 9 unspecified atom stereocenters. The molecule has 3 N–H and O–H groups in total. The highest BCUT2D eigenvalue weighted by molar-refractivity contribution is 5.20. The summed E-state index contributed by atoms with van der Waals surface area (Å²) in [5.74, 6) is 3.35. The summed E-state index contributed by atoms with van der Waals surface area (Å²) < 4.78 is 6.24. The zero-order chi connectivity index (χ0) is 46.6. The second-order valence-electron chi connectivity index (χ2n) is 15.9. The van der Waals surface area contributed by atoms with Gasteiger partial charge in [-0.05, 0) is 94.7 Å². The molecule has 58 heavy (non-hydrogen) atoms. The van der Waals surface area contributed by atoms with Gasteiger partial charge in [0, 0.05) is 37.6 Å². The molecule has 0 aliphatic carbocycles. The Hall–Kier alpha value is -2.80. The number of nitrogens with one attached hydrogen (secondary N) is 1. The van der Waals surface area contributed by atoms with Crippen molar-refractivity contribution in [2.45, 2.75) is 159 Å². The minimum Gasteiger partial charge on any atom is -0.405 e. The maximum absolute atomic E-state index is 6.24. The molecule has 0 radical (unpaired) electrons. The van der Waals surface area contributed by atoms with Crippen LogP contribution >= 0.6 is 0 Å². The van der Waals surface area contributed by atoms with E-state index in [9.17, 15) is 0 Å². The summed E-state index contributed by atoms with van der Waals surface area (Å²) in [5, 5.41) is 3.24. The average molecular weight is 814 g/mol. The number of allylic oxidation sites excluding steroid dienone is 1. The predicted molar refractivity (Wildman–Crippen MR) is 268 cm³/mol. The van der Waals surface area contributed by atoms with Crippen molar-refractivity contribution in [2.75, 3.05) is 48.4 Å². The molecule has 0 amide bonds. The van der Waals surface area contributed by atoms with Gasteiger partial charge in [0.25, 0.3) is 0 Å². The SMILES string of the molecule is C=C.C=C(CC(C)C(C(C)CC)N(C)C)N1CCCC1C(OC)C(C)C(C)C(C)c1ccccc1.C=CCNC(=C)C(C(C)C)N(C)C.C=CN.CC.CC.CCC. The number of likely N-dealkylation sites (tertiary alicyclic amines) is 1. The zero-order valence-corrected chi connectivity index (χ0v) is 42.3. The van der Waals surface area contributed by atoms with Crippen LogP contribution < -0.4 is 11.1 Å². The lowest BCUT2D eigenvalue weighted by atomic mass is 9.76. The van der Waals surface area contributed by atoms with Gasteiger partial charge in [0.2, 0.25) is 0 Å². The van der Waals surface area contributed by atoms with Crippen LogP contribution in [0.1, 0.15) is 141 Å². The van der Waals surface area contributed by atoms with Crippen molar-refractivity contribution in [3.05, 3.63) is 99.0 Å². The van der Waals surface area contributed by atoms with Crippen LogP contribution in [-0.2, 0) is 4.74 Å². The Morgan fingerprint density at radius 2 is 1.34 bits per heavy atom. The van der Waals surface area contributed by atoms with Crippen LogP contribution in [0.4, 0.5) is 0 Å². The fraction of sp³-hybridized carbons (Fsp3) is 0.692. The minimum absolute atomic E-state index is 0.222. The van der Waals surface area contributed by atoms with Gasteiger partial charge in [0.1, 0.15) is 0 Å². The normalized spacial score (nSPS) is 16.9. The van der Waals surface area contributed by atoms with Gasteiger partial charge in [0.15, 0.2) is 0 Å². The molecule has 0 spiro atoms. The third-order valence-corrected chi connectivity index (χ3v) is 10.8. The molecule has 1 fully saturated rings. The topological polar surface area (TPSA) is 57.0 Å². The van der Waals surface area contributed by atoms with E-state index >= 15 is 0 Å². The Bertz CT molecular complexity index is 1080. The van der Waals surface area contributed by atoms with Crippen LogP contribution in [0.25, 0.3) is 0 Å². The molecule has 1 heterocycles. The Kier molecular flexibility index (Phi) is 45.4. The average Bonchev–Trinajstić information content (AvgIpc) is 3.69. The van der Waals surface area contributed by atoms with E-state index in [2.05, 4.69) is 193 Å². The smallest absolute Gasteiger partial charge is 0.0802 e. The van der Waals surface area contributed by atoms with E-state index in [4.69, 9.17) is 4.74 Å². The Morgan fingerprint density at radius 1 is 0.862 bits per heavy atom. The van der Waals surface area contributed by atoms with Gasteiger partial charge in [-0.15, -0.1) is 19.7 Å². The number of ether oxygens (including phenoxy) is 1. The first-order chi connectivity index (χ1) is 27.5. The van der Waals surface area contributed by atoms with Crippen LogP contribution in [0.3, 0.4) is 0 Å². The number of hydrogen-bond acceptors (Lipinski definition) is 6. The third-order valence-electron chi connectivity index (χ3n) is 10.8. The molecule has 342 valence electrons. The molecule has 2 rings (SSSR count). The van der Waals surface area contributed by atoms with E-state index in [1.165, 1.54) is 43.1 Å². The van der Waals surface area contributed by atoms with Crippen LogP contribution in [0.15, 0.2) is 93.5 Å². The first kappa shape index (κ1) is 64.3. The molecule has 0 saturated carbocycles. The third kappa shape index (κ3) is 25.6. The summed E-state index contributed by atoms with van der Waals surface area (Å²) in [6.45, 7) is 54.3. The molecule has 0 bridgehead atoms. The Balaban J connectivity index is -0.000000310. The molecule has 1 aliphatic rings. The zero-order valence-electron chi connectivity index (χ0n) is 42.3. The summed E-state index contributed by atoms with van der Waals surface area (Å²) in [6, 6.07) is 12.3. The summed E-state index contributed by atoms with van der Waals surface area (Å²) in [5.41, 5.74) is 8.41. The van der Waals surface area contributed by atoms with Gasteiger partial charge < -0.3 is 30.5 Å². The fourth-order valence-corrected chi connectivity index (χ4v) is 8.11. The number of hydrogen-bond donors (Lipinski definition) is 2. The maximum Gasteiger partial charge on any atom is 0.0802 e. The lowest BCUT2D eigenvalue weighted by molar-refractivity contribution is -0.0157. The maximum atomic E-state index is 6.24. The molecule has 1 aromatic rings. The second-order valence-corrected chi connectivity index (χ2v) is 15.9. The largest absolute Gasteiger partial charge is 0.405 e. The lowest BCUT2D eigenvalue weighted by Gasteiger charge is -2.41. The van der Waals surface area contributed by atoms with Crippen molar-refractivity contribution in [2.24, 2.45) is 35.3 Å². The fourth-order valence-electron chi connectivity index (χ4n) is 8.11. The van der Waals surface area contributed by atoms with E-state index in [0.29, 0.717) is 53.6 Å². The molecule has 0 aromatic heterocycles. The van der Waals surface area contributed by atoms with Gasteiger partial charge in [-0.3, -0.25) is 0 Å². The first-order valence-corrected chi connectivity index (χ1v) is 22.7. The monoisotopic (exact) mass is 814 g/mol. The van der Waals surface area contributed by atoms with Gasteiger partial charge in [-0.2, -0.15) is 0 Å². The van der Waals surface area contributed by atoms with Crippen molar-refractivity contribution < 1.29 is 4.74 Å². The Morgan fingerprint density at radius 3 is 1.72 bits per heavy atom. The van der Waals surface area contributed by atoms with E-state index in [1.807, 2.05) is 40.9 Å². The molecular formula is C52H103N5O. The highest BCUT2D eigenvalue weighted by Gasteiger charge is 2.39. The number of nitrogens with two attached hydrogens (primary N) is 1. The van der Waals surface area contributed by atoms with Crippen LogP contribution in [0.5, 0.6) is 0 Å². The van der Waals surface area contributed by atoms with Crippen molar-refractivity contribution in [1.29, 1.82) is 0 Å². The van der Waals surface area contributed by atoms with Crippen molar-refractivity contribution in [3.63, 3.8) is 0 Å². The Labute approximate surface area is 365 Å².